The van der Waals surface area contributed by atoms with Crippen molar-refractivity contribution in [2.24, 2.45) is 0 Å². The summed E-state index contributed by atoms with van der Waals surface area (Å²) in [7, 11) is -4.40. The standard InChI is InChI=1S/C23H32O5S.Na/c1-2-3-4-5-6-7-8-9-10-13-19-16-17-20(18-21(19)24)28-22-14-11-12-15-23(22)29(25,26)27;/h11-12,14-18,24H,2-10,13H2,1H3,(H,25,26,27);/q;+1/p-1. The molecule has 0 saturated carbocycles. The molecule has 5 nitrogen and oxygen atoms in total. The molecule has 7 heteroatoms. The summed E-state index contributed by atoms with van der Waals surface area (Å²) in [5, 5.41) is 12.3. The first-order chi connectivity index (χ1) is 13.9. The Kier molecular flexibility index (Phi) is 12.7. The van der Waals surface area contributed by atoms with Gasteiger partial charge in [0.25, 0.3) is 10.1 Å². The first kappa shape index (κ1) is 27.0. The molecule has 0 aliphatic carbocycles. The summed E-state index contributed by atoms with van der Waals surface area (Å²) >= 11 is 0. The van der Waals surface area contributed by atoms with Crippen LogP contribution in [-0.4, -0.2) is 13.0 Å². The summed E-state index contributed by atoms with van der Waals surface area (Å²) in [6.07, 6.45) is 11.8. The normalized spacial score (nSPS) is 11.1. The molecule has 2 aromatic rings. The van der Waals surface area contributed by atoms with E-state index in [1.165, 1.54) is 69.2 Å². The zero-order valence-electron chi connectivity index (χ0n) is 18.1. The van der Waals surface area contributed by atoms with Crippen LogP contribution in [0.5, 0.6) is 17.2 Å². The minimum Gasteiger partial charge on any atom is -0.872 e. The monoisotopic (exact) mass is 442 g/mol. The fourth-order valence-electron chi connectivity index (χ4n) is 3.31. The van der Waals surface area contributed by atoms with Crippen molar-refractivity contribution < 1.29 is 52.4 Å². The van der Waals surface area contributed by atoms with Gasteiger partial charge in [-0.2, -0.15) is 8.42 Å². The van der Waals surface area contributed by atoms with E-state index in [1.54, 1.807) is 18.2 Å². The topological polar surface area (TPSA) is 86.7 Å². The molecule has 2 aromatic carbocycles. The van der Waals surface area contributed by atoms with Crippen LogP contribution in [-0.2, 0) is 16.5 Å². The number of hydrogen-bond acceptors (Lipinski definition) is 4. The van der Waals surface area contributed by atoms with Crippen molar-refractivity contribution in [2.45, 2.75) is 76.0 Å². The van der Waals surface area contributed by atoms with E-state index in [4.69, 9.17) is 4.74 Å². The van der Waals surface area contributed by atoms with E-state index in [0.29, 0.717) is 0 Å². The molecular weight excluding hydrogens is 411 g/mol. The SMILES string of the molecule is CCCCCCCCCCCc1ccc(Oc2ccccc2S(=O)(=O)O)cc1[O-].[Na+]. The van der Waals surface area contributed by atoms with E-state index in [0.717, 1.165) is 24.8 Å². The zero-order valence-corrected chi connectivity index (χ0v) is 20.9. The maximum Gasteiger partial charge on any atom is 1.00 e. The van der Waals surface area contributed by atoms with Crippen molar-refractivity contribution in [3.8, 4) is 17.2 Å². The summed E-state index contributed by atoms with van der Waals surface area (Å²) in [4.78, 5) is -0.328. The van der Waals surface area contributed by atoms with Crippen molar-refractivity contribution in [3.05, 3.63) is 48.0 Å². The second-order valence-electron chi connectivity index (χ2n) is 7.37. The smallest absolute Gasteiger partial charge is 0.872 e. The zero-order chi connectivity index (χ0) is 21.1. The Morgan fingerprint density at radius 2 is 1.50 bits per heavy atom. The molecule has 0 aromatic heterocycles. The maximum atomic E-state index is 12.3. The van der Waals surface area contributed by atoms with Gasteiger partial charge in [0.15, 0.2) is 0 Å². The van der Waals surface area contributed by atoms with Crippen molar-refractivity contribution in [2.75, 3.05) is 0 Å². The van der Waals surface area contributed by atoms with Crippen LogP contribution >= 0.6 is 0 Å². The van der Waals surface area contributed by atoms with Crippen molar-refractivity contribution in [1.82, 2.24) is 0 Å². The van der Waals surface area contributed by atoms with Crippen LogP contribution in [0.3, 0.4) is 0 Å². The summed E-state index contributed by atoms with van der Waals surface area (Å²) in [6.45, 7) is 2.22. The van der Waals surface area contributed by atoms with Gasteiger partial charge in [0.1, 0.15) is 16.4 Å². The first-order valence-electron chi connectivity index (χ1n) is 10.5. The Morgan fingerprint density at radius 3 is 2.10 bits per heavy atom. The van der Waals surface area contributed by atoms with Crippen molar-refractivity contribution in [3.63, 3.8) is 0 Å². The molecule has 0 aliphatic rings. The Balaban J connectivity index is 0.00000450. The number of ether oxygens (including phenoxy) is 1. The van der Waals surface area contributed by atoms with Gasteiger partial charge in [-0.25, -0.2) is 0 Å². The predicted octanol–water partition coefficient (Wildman–Crippen LogP) is 2.88. The van der Waals surface area contributed by atoms with E-state index < -0.39 is 10.1 Å². The van der Waals surface area contributed by atoms with Gasteiger partial charge in [-0.15, -0.1) is 5.75 Å². The number of hydrogen-bond donors (Lipinski definition) is 1. The van der Waals surface area contributed by atoms with Gasteiger partial charge >= 0.3 is 29.6 Å². The molecule has 1 N–H and O–H groups in total. The summed E-state index contributed by atoms with van der Waals surface area (Å²) in [6, 6.07) is 10.5. The molecule has 0 spiro atoms. The number of unbranched alkanes of at least 4 members (excludes halogenated alkanes) is 8. The molecule has 2 rings (SSSR count). The van der Waals surface area contributed by atoms with Gasteiger partial charge in [0, 0.05) is 0 Å². The molecule has 0 saturated heterocycles. The average Bonchev–Trinajstić information content (AvgIpc) is 2.68. The fourth-order valence-corrected chi connectivity index (χ4v) is 3.92. The summed E-state index contributed by atoms with van der Waals surface area (Å²) < 4.78 is 37.7. The van der Waals surface area contributed by atoms with Crippen molar-refractivity contribution in [1.29, 1.82) is 0 Å². The Labute approximate surface area is 202 Å². The minimum atomic E-state index is -4.40. The molecule has 0 bridgehead atoms. The Morgan fingerprint density at radius 1 is 0.900 bits per heavy atom. The molecule has 0 atom stereocenters. The molecule has 0 unspecified atom stereocenters. The van der Waals surface area contributed by atoms with Gasteiger partial charge in [-0.1, -0.05) is 82.1 Å². The van der Waals surface area contributed by atoms with E-state index in [2.05, 4.69) is 6.92 Å². The number of benzene rings is 2. The second-order valence-corrected chi connectivity index (χ2v) is 8.76. The molecular formula is C23H31NaO5S. The Hall–Kier alpha value is -1.05. The summed E-state index contributed by atoms with van der Waals surface area (Å²) in [5.74, 6) is 0.120. The van der Waals surface area contributed by atoms with Gasteiger partial charge in [-0.05, 0) is 37.1 Å². The van der Waals surface area contributed by atoms with Crippen LogP contribution in [0.2, 0.25) is 0 Å². The molecule has 160 valence electrons. The van der Waals surface area contributed by atoms with E-state index in [-0.39, 0.29) is 51.7 Å². The van der Waals surface area contributed by atoms with Gasteiger partial charge in [0.2, 0.25) is 0 Å². The number of rotatable bonds is 13. The van der Waals surface area contributed by atoms with Gasteiger partial charge in [-0.3, -0.25) is 4.55 Å². The number of para-hydroxylation sites is 1. The van der Waals surface area contributed by atoms with E-state index >= 15 is 0 Å². The molecule has 0 heterocycles. The predicted molar refractivity (Wildman–Crippen MR) is 113 cm³/mol. The molecule has 0 aliphatic heterocycles. The second kappa shape index (κ2) is 14.1. The quantitative estimate of drug-likeness (QED) is 0.293. The van der Waals surface area contributed by atoms with Crippen LogP contribution in [0.1, 0.15) is 70.3 Å². The third-order valence-corrected chi connectivity index (χ3v) is 5.84. The molecule has 30 heavy (non-hydrogen) atoms. The maximum absolute atomic E-state index is 12.3. The fraction of sp³-hybridized carbons (Fsp3) is 0.478. The third kappa shape index (κ3) is 9.40. The average molecular weight is 443 g/mol. The number of aryl methyl sites for hydroxylation is 1. The molecule has 0 fully saturated rings. The van der Waals surface area contributed by atoms with Crippen LogP contribution in [0, 0.1) is 0 Å². The van der Waals surface area contributed by atoms with Crippen LogP contribution < -0.4 is 39.4 Å². The van der Waals surface area contributed by atoms with Crippen LogP contribution in [0.25, 0.3) is 0 Å². The van der Waals surface area contributed by atoms with Crippen LogP contribution in [0.15, 0.2) is 47.4 Å². The van der Waals surface area contributed by atoms with Crippen molar-refractivity contribution >= 4 is 10.1 Å². The summed E-state index contributed by atoms with van der Waals surface area (Å²) in [5.41, 5.74) is 0.739. The van der Waals surface area contributed by atoms with E-state index in [9.17, 15) is 18.1 Å². The Bertz CT molecular complexity index is 868. The molecule has 0 amide bonds. The van der Waals surface area contributed by atoms with E-state index in [1.807, 2.05) is 0 Å². The third-order valence-electron chi connectivity index (χ3n) is 4.94. The van der Waals surface area contributed by atoms with Gasteiger partial charge < -0.3 is 9.84 Å². The van der Waals surface area contributed by atoms with Crippen LogP contribution in [0.4, 0.5) is 0 Å². The van der Waals surface area contributed by atoms with Gasteiger partial charge in [0.05, 0.1) is 0 Å². The minimum absolute atomic E-state index is 0. The largest absolute Gasteiger partial charge is 1.00 e. The molecule has 0 radical (unpaired) electrons. The first-order valence-corrected chi connectivity index (χ1v) is 11.9.